The molecule has 0 saturated carbocycles. The Kier molecular flexibility index (Phi) is 4.56. The molecule has 1 aromatic carbocycles. The molecule has 0 aliphatic heterocycles. The van der Waals surface area contributed by atoms with Gasteiger partial charge in [0.15, 0.2) is 0 Å². The maximum atomic E-state index is 10.9. The van der Waals surface area contributed by atoms with E-state index in [-0.39, 0.29) is 0 Å². The topological polar surface area (TPSA) is 49.3 Å². The van der Waals surface area contributed by atoms with Gasteiger partial charge in [-0.15, -0.1) is 0 Å². The van der Waals surface area contributed by atoms with E-state index in [1.165, 1.54) is 0 Å². The molecule has 0 unspecified atom stereocenters. The molecule has 3 heteroatoms. The van der Waals surface area contributed by atoms with Crippen LogP contribution in [-0.4, -0.2) is 24.7 Å². The zero-order valence-electron chi connectivity index (χ0n) is 9.50. The lowest BCUT2D eigenvalue weighted by Gasteiger charge is -2.02. The van der Waals surface area contributed by atoms with Gasteiger partial charge in [-0.1, -0.05) is 17.9 Å². The molecule has 0 saturated heterocycles. The van der Waals surface area contributed by atoms with Gasteiger partial charge in [0.05, 0.1) is 5.56 Å². The maximum Gasteiger partial charge on any atom is 0.335 e. The van der Waals surface area contributed by atoms with E-state index in [1.807, 2.05) is 13.1 Å². The van der Waals surface area contributed by atoms with Crippen molar-refractivity contribution in [2.24, 2.45) is 0 Å². The summed E-state index contributed by atoms with van der Waals surface area (Å²) in [6, 6.07) is 5.16. The van der Waals surface area contributed by atoms with Crippen molar-refractivity contribution in [1.82, 2.24) is 5.32 Å². The van der Waals surface area contributed by atoms with Crippen LogP contribution in [0.5, 0.6) is 0 Å². The molecule has 16 heavy (non-hydrogen) atoms. The van der Waals surface area contributed by atoms with Gasteiger partial charge in [0.1, 0.15) is 0 Å². The smallest absolute Gasteiger partial charge is 0.335 e. The summed E-state index contributed by atoms with van der Waals surface area (Å²) in [6.45, 7) is 2.62. The van der Waals surface area contributed by atoms with Crippen molar-refractivity contribution in [3.8, 4) is 11.8 Å². The van der Waals surface area contributed by atoms with Gasteiger partial charge in [0.2, 0.25) is 0 Å². The summed E-state index contributed by atoms with van der Waals surface area (Å²) < 4.78 is 0. The third kappa shape index (κ3) is 3.11. The molecule has 1 aromatic rings. The lowest BCUT2D eigenvalue weighted by molar-refractivity contribution is 0.0696. The largest absolute Gasteiger partial charge is 0.478 e. The minimum atomic E-state index is -0.906. The molecule has 3 nitrogen and oxygen atoms in total. The van der Waals surface area contributed by atoms with E-state index in [2.05, 4.69) is 17.2 Å². The Morgan fingerprint density at radius 2 is 2.25 bits per heavy atom. The molecular weight excluding hydrogens is 202 g/mol. The molecule has 0 radical (unpaired) electrons. The van der Waals surface area contributed by atoms with Crippen molar-refractivity contribution >= 4 is 5.97 Å². The number of carboxylic acid groups (broad SMARTS) is 1. The van der Waals surface area contributed by atoms with Crippen LogP contribution in [0.3, 0.4) is 0 Å². The van der Waals surface area contributed by atoms with Crippen molar-refractivity contribution in [3.63, 3.8) is 0 Å². The molecule has 0 aliphatic rings. The number of benzene rings is 1. The summed E-state index contributed by atoms with van der Waals surface area (Å²) in [5.41, 5.74) is 1.84. The van der Waals surface area contributed by atoms with E-state index < -0.39 is 5.97 Å². The summed E-state index contributed by atoms with van der Waals surface area (Å²) in [5.74, 6) is 5.09. The molecule has 1 rings (SSSR count). The van der Waals surface area contributed by atoms with E-state index in [0.717, 1.165) is 24.1 Å². The average molecular weight is 217 g/mol. The second-order valence-electron chi connectivity index (χ2n) is 3.44. The Balaban J connectivity index is 2.92. The van der Waals surface area contributed by atoms with Gasteiger partial charge in [0, 0.05) is 18.5 Å². The molecule has 0 amide bonds. The Morgan fingerprint density at radius 1 is 1.50 bits per heavy atom. The average Bonchev–Trinajstić information content (AvgIpc) is 2.26. The van der Waals surface area contributed by atoms with Crippen molar-refractivity contribution in [2.75, 3.05) is 13.6 Å². The lowest BCUT2D eigenvalue weighted by atomic mass is 10.0. The van der Waals surface area contributed by atoms with Gasteiger partial charge in [-0.05, 0) is 31.7 Å². The number of carbonyl (C=O) groups is 1. The van der Waals surface area contributed by atoms with Gasteiger partial charge in [-0.25, -0.2) is 4.79 Å². The Morgan fingerprint density at radius 3 is 2.88 bits per heavy atom. The first-order valence-electron chi connectivity index (χ1n) is 5.13. The van der Waals surface area contributed by atoms with Gasteiger partial charge < -0.3 is 10.4 Å². The fourth-order valence-electron chi connectivity index (χ4n) is 1.35. The first-order valence-corrected chi connectivity index (χ1v) is 5.13. The molecule has 2 N–H and O–H groups in total. The number of aromatic carboxylic acids is 1. The monoisotopic (exact) mass is 217 g/mol. The van der Waals surface area contributed by atoms with Crippen LogP contribution < -0.4 is 5.32 Å². The predicted molar refractivity (Wildman–Crippen MR) is 63.6 cm³/mol. The first-order chi connectivity index (χ1) is 7.66. The van der Waals surface area contributed by atoms with Crippen LogP contribution in [-0.2, 0) is 0 Å². The Hall–Kier alpha value is -1.79. The van der Waals surface area contributed by atoms with Crippen molar-refractivity contribution < 1.29 is 9.90 Å². The van der Waals surface area contributed by atoms with Gasteiger partial charge in [-0.3, -0.25) is 0 Å². The zero-order valence-corrected chi connectivity index (χ0v) is 9.50. The summed E-state index contributed by atoms with van der Waals surface area (Å²) in [4.78, 5) is 10.9. The van der Waals surface area contributed by atoms with Crippen molar-refractivity contribution in [1.29, 1.82) is 0 Å². The van der Waals surface area contributed by atoms with Crippen LogP contribution in [0.25, 0.3) is 0 Å². The van der Waals surface area contributed by atoms with Gasteiger partial charge in [-0.2, -0.15) is 0 Å². The normalized spacial score (nSPS) is 9.38. The third-order valence-corrected chi connectivity index (χ3v) is 2.29. The summed E-state index contributed by atoms with van der Waals surface area (Å²) in [7, 11) is 1.87. The number of rotatable bonds is 3. The van der Waals surface area contributed by atoms with E-state index in [1.54, 1.807) is 19.1 Å². The highest BCUT2D eigenvalue weighted by Crippen LogP contribution is 2.12. The minimum absolute atomic E-state index is 0.320. The van der Waals surface area contributed by atoms with Crippen molar-refractivity contribution in [2.45, 2.75) is 13.3 Å². The van der Waals surface area contributed by atoms with Crippen LogP contribution in [0.4, 0.5) is 0 Å². The molecule has 0 aliphatic carbocycles. The predicted octanol–water partition coefficient (Wildman–Crippen LogP) is 1.65. The molecule has 0 bridgehead atoms. The van der Waals surface area contributed by atoms with Crippen molar-refractivity contribution in [3.05, 3.63) is 34.9 Å². The molecular formula is C13H15NO2. The molecule has 0 fully saturated rings. The highest BCUT2D eigenvalue weighted by Gasteiger charge is 2.07. The highest BCUT2D eigenvalue weighted by molar-refractivity contribution is 5.90. The summed E-state index contributed by atoms with van der Waals surface area (Å²) in [6.07, 6.45) is 0.757. The lowest BCUT2D eigenvalue weighted by Crippen LogP contribution is -2.06. The van der Waals surface area contributed by atoms with Gasteiger partial charge >= 0.3 is 5.97 Å². The van der Waals surface area contributed by atoms with E-state index in [4.69, 9.17) is 5.11 Å². The minimum Gasteiger partial charge on any atom is -0.478 e. The van der Waals surface area contributed by atoms with Crippen LogP contribution in [0.15, 0.2) is 18.2 Å². The van der Waals surface area contributed by atoms with Crippen LogP contribution in [0.1, 0.15) is 27.9 Å². The molecule has 0 heterocycles. The van der Waals surface area contributed by atoms with Crippen LogP contribution >= 0.6 is 0 Å². The fourth-order valence-corrected chi connectivity index (χ4v) is 1.35. The SMILES string of the molecule is CNCCC#Cc1cccc(C(=O)O)c1C. The highest BCUT2D eigenvalue weighted by atomic mass is 16.4. The first kappa shape index (κ1) is 12.3. The maximum absolute atomic E-state index is 10.9. The number of carboxylic acids is 1. The third-order valence-electron chi connectivity index (χ3n) is 2.29. The quantitative estimate of drug-likeness (QED) is 0.598. The second-order valence-corrected chi connectivity index (χ2v) is 3.44. The van der Waals surface area contributed by atoms with E-state index >= 15 is 0 Å². The Bertz CT molecular complexity index is 441. The summed E-state index contributed by atoms with van der Waals surface area (Å²) in [5, 5.41) is 11.9. The van der Waals surface area contributed by atoms with Crippen LogP contribution in [0, 0.1) is 18.8 Å². The standard InChI is InChI=1S/C13H15NO2/c1-10-11(6-3-4-9-14-2)7-5-8-12(10)13(15)16/h5,7-8,14H,4,9H2,1-2H3,(H,15,16). The zero-order chi connectivity index (χ0) is 12.0. The van der Waals surface area contributed by atoms with E-state index in [9.17, 15) is 4.79 Å². The van der Waals surface area contributed by atoms with Crippen LogP contribution in [0.2, 0.25) is 0 Å². The van der Waals surface area contributed by atoms with Gasteiger partial charge in [0.25, 0.3) is 0 Å². The number of hydrogen-bond donors (Lipinski definition) is 2. The molecule has 0 atom stereocenters. The molecule has 0 spiro atoms. The second kappa shape index (κ2) is 5.94. The number of hydrogen-bond acceptors (Lipinski definition) is 2. The molecule has 84 valence electrons. The van der Waals surface area contributed by atoms with E-state index in [0.29, 0.717) is 5.56 Å². The fraction of sp³-hybridized carbons (Fsp3) is 0.308. The Labute approximate surface area is 95.5 Å². The summed E-state index contributed by atoms with van der Waals surface area (Å²) >= 11 is 0. The number of nitrogens with one attached hydrogen (secondary N) is 1. The molecule has 0 aromatic heterocycles.